The maximum Gasteiger partial charge on any atom is 0.235 e. The number of amides is 1. The average Bonchev–Trinajstić information content (AvgIpc) is 2.57. The van der Waals surface area contributed by atoms with Crippen LogP contribution in [0.4, 0.5) is 5.69 Å². The van der Waals surface area contributed by atoms with E-state index in [0.29, 0.717) is 0 Å². The minimum absolute atomic E-state index is 0.163. The maximum atomic E-state index is 12.2. The molecule has 3 nitrogen and oxygen atoms in total. The highest BCUT2D eigenvalue weighted by Gasteiger charge is 2.47. The molecular formula is C12H13BrN2O. The first-order valence-electron chi connectivity index (χ1n) is 5.55. The molecule has 2 aliphatic heterocycles. The third-order valence-electron chi connectivity index (χ3n) is 3.66. The molecule has 0 aromatic heterocycles. The summed E-state index contributed by atoms with van der Waals surface area (Å²) in [6, 6.07) is 6.05. The van der Waals surface area contributed by atoms with Gasteiger partial charge in [-0.1, -0.05) is 12.1 Å². The summed E-state index contributed by atoms with van der Waals surface area (Å²) in [5, 5.41) is 6.32. The van der Waals surface area contributed by atoms with Crippen LogP contribution in [0.2, 0.25) is 0 Å². The van der Waals surface area contributed by atoms with E-state index in [4.69, 9.17) is 0 Å². The van der Waals surface area contributed by atoms with Crippen LogP contribution in [0.3, 0.4) is 0 Å². The number of carbonyl (C=O) groups is 1. The largest absolute Gasteiger partial charge is 0.324 e. The van der Waals surface area contributed by atoms with Gasteiger partial charge in [0.1, 0.15) is 0 Å². The zero-order valence-electron chi connectivity index (χ0n) is 8.85. The van der Waals surface area contributed by atoms with Crippen LogP contribution < -0.4 is 10.6 Å². The van der Waals surface area contributed by atoms with Crippen molar-refractivity contribution in [3.63, 3.8) is 0 Å². The maximum absolute atomic E-state index is 12.2. The van der Waals surface area contributed by atoms with E-state index >= 15 is 0 Å². The number of anilines is 1. The normalized spacial score (nSPS) is 21.9. The second-order valence-corrected chi connectivity index (χ2v) is 5.30. The molecule has 0 aliphatic carbocycles. The molecule has 4 heteroatoms. The zero-order chi connectivity index (χ0) is 11.2. The van der Waals surface area contributed by atoms with Crippen molar-refractivity contribution in [3.05, 3.63) is 28.2 Å². The summed E-state index contributed by atoms with van der Waals surface area (Å²) in [6.45, 7) is 1.83. The molecule has 0 unspecified atom stereocenters. The van der Waals surface area contributed by atoms with Crippen molar-refractivity contribution >= 4 is 27.5 Å². The summed E-state index contributed by atoms with van der Waals surface area (Å²) in [6.07, 6.45) is 1.78. The van der Waals surface area contributed by atoms with Gasteiger partial charge in [-0.05, 0) is 53.5 Å². The van der Waals surface area contributed by atoms with Gasteiger partial charge in [0.05, 0.1) is 11.1 Å². The molecule has 2 aliphatic rings. The topological polar surface area (TPSA) is 41.1 Å². The second-order valence-electron chi connectivity index (χ2n) is 4.45. The highest BCUT2D eigenvalue weighted by Crippen LogP contribution is 2.46. The molecule has 0 radical (unpaired) electrons. The highest BCUT2D eigenvalue weighted by atomic mass is 79.9. The fourth-order valence-electron chi connectivity index (χ4n) is 2.76. The summed E-state index contributed by atoms with van der Waals surface area (Å²) in [7, 11) is 0. The van der Waals surface area contributed by atoms with Crippen molar-refractivity contribution in [3.8, 4) is 0 Å². The van der Waals surface area contributed by atoms with Crippen LogP contribution >= 0.6 is 15.9 Å². The fourth-order valence-corrected chi connectivity index (χ4v) is 3.22. The minimum Gasteiger partial charge on any atom is -0.324 e. The Labute approximate surface area is 103 Å². The standard InChI is InChI=1S/C12H13BrN2O/c13-9-3-1-2-8-10(9)15-11(16)12(8)4-6-14-7-5-12/h1-3,14H,4-7H2,(H,15,16). The van der Waals surface area contributed by atoms with Gasteiger partial charge in [-0.15, -0.1) is 0 Å². The SMILES string of the molecule is O=C1Nc2c(Br)cccc2C12CCNCC2. The van der Waals surface area contributed by atoms with Gasteiger partial charge in [-0.25, -0.2) is 0 Å². The Morgan fingerprint density at radius 1 is 1.25 bits per heavy atom. The van der Waals surface area contributed by atoms with Gasteiger partial charge in [0, 0.05) is 4.47 Å². The van der Waals surface area contributed by atoms with E-state index in [2.05, 4.69) is 32.6 Å². The number of benzene rings is 1. The van der Waals surface area contributed by atoms with Crippen molar-refractivity contribution in [2.24, 2.45) is 0 Å². The molecule has 16 heavy (non-hydrogen) atoms. The number of para-hydroxylation sites is 1. The minimum atomic E-state index is -0.287. The molecule has 1 spiro atoms. The smallest absolute Gasteiger partial charge is 0.235 e. The monoisotopic (exact) mass is 280 g/mol. The van der Waals surface area contributed by atoms with Crippen LogP contribution in [0, 0.1) is 0 Å². The number of carbonyl (C=O) groups excluding carboxylic acids is 1. The highest BCUT2D eigenvalue weighted by molar-refractivity contribution is 9.10. The van der Waals surface area contributed by atoms with Crippen molar-refractivity contribution in [1.29, 1.82) is 0 Å². The van der Waals surface area contributed by atoms with Crippen LogP contribution in [0.1, 0.15) is 18.4 Å². The van der Waals surface area contributed by atoms with Gasteiger partial charge >= 0.3 is 0 Å². The van der Waals surface area contributed by atoms with Gasteiger partial charge < -0.3 is 10.6 Å². The molecule has 2 N–H and O–H groups in total. The van der Waals surface area contributed by atoms with Gasteiger partial charge in [0.15, 0.2) is 0 Å². The predicted molar refractivity (Wildman–Crippen MR) is 66.6 cm³/mol. The lowest BCUT2D eigenvalue weighted by Crippen LogP contribution is -2.44. The number of fused-ring (bicyclic) bond motifs is 2. The van der Waals surface area contributed by atoms with Crippen LogP contribution in [0.15, 0.2) is 22.7 Å². The number of halogens is 1. The van der Waals surface area contributed by atoms with Crippen molar-refractivity contribution in [2.45, 2.75) is 18.3 Å². The number of rotatable bonds is 0. The molecule has 1 amide bonds. The summed E-state index contributed by atoms with van der Waals surface area (Å²) in [4.78, 5) is 12.2. The lowest BCUT2D eigenvalue weighted by molar-refractivity contribution is -0.121. The quantitative estimate of drug-likeness (QED) is 0.764. The molecule has 2 heterocycles. The average molecular weight is 281 g/mol. The zero-order valence-corrected chi connectivity index (χ0v) is 10.4. The lowest BCUT2D eigenvalue weighted by atomic mass is 9.74. The summed E-state index contributed by atoms with van der Waals surface area (Å²) >= 11 is 3.49. The Kier molecular flexibility index (Phi) is 2.30. The molecule has 1 aromatic carbocycles. The summed E-state index contributed by atoms with van der Waals surface area (Å²) in [5.41, 5.74) is 1.84. The first kappa shape index (κ1) is 10.3. The third-order valence-corrected chi connectivity index (χ3v) is 4.32. The number of hydrogen-bond acceptors (Lipinski definition) is 2. The predicted octanol–water partition coefficient (Wildman–Crippen LogP) is 2.02. The van der Waals surface area contributed by atoms with E-state index in [1.807, 2.05) is 12.1 Å². The van der Waals surface area contributed by atoms with Crippen molar-refractivity contribution < 1.29 is 4.79 Å². The number of nitrogens with one attached hydrogen (secondary N) is 2. The number of piperidine rings is 1. The van der Waals surface area contributed by atoms with E-state index in [1.165, 1.54) is 0 Å². The molecule has 0 bridgehead atoms. The first-order chi connectivity index (χ1) is 7.74. The van der Waals surface area contributed by atoms with E-state index < -0.39 is 0 Å². The Hall–Kier alpha value is -0.870. The third kappa shape index (κ3) is 1.26. The van der Waals surface area contributed by atoms with Gasteiger partial charge in [-0.2, -0.15) is 0 Å². The van der Waals surface area contributed by atoms with Crippen molar-refractivity contribution in [2.75, 3.05) is 18.4 Å². The van der Waals surface area contributed by atoms with Crippen LogP contribution in [0.25, 0.3) is 0 Å². The van der Waals surface area contributed by atoms with Crippen molar-refractivity contribution in [1.82, 2.24) is 5.32 Å². The Balaban J connectivity index is 2.15. The van der Waals surface area contributed by atoms with E-state index in [1.54, 1.807) is 0 Å². The van der Waals surface area contributed by atoms with Crippen LogP contribution in [-0.2, 0) is 10.2 Å². The summed E-state index contributed by atoms with van der Waals surface area (Å²) < 4.78 is 0.980. The molecular weight excluding hydrogens is 268 g/mol. The molecule has 3 rings (SSSR count). The van der Waals surface area contributed by atoms with Crippen LogP contribution in [0.5, 0.6) is 0 Å². The Morgan fingerprint density at radius 3 is 2.75 bits per heavy atom. The Morgan fingerprint density at radius 2 is 2.00 bits per heavy atom. The molecule has 0 saturated carbocycles. The van der Waals surface area contributed by atoms with E-state index in [9.17, 15) is 4.79 Å². The first-order valence-corrected chi connectivity index (χ1v) is 6.34. The molecule has 1 saturated heterocycles. The van der Waals surface area contributed by atoms with Gasteiger partial charge in [0.25, 0.3) is 0 Å². The fraction of sp³-hybridized carbons (Fsp3) is 0.417. The number of hydrogen-bond donors (Lipinski definition) is 2. The van der Waals surface area contributed by atoms with Gasteiger partial charge in [-0.3, -0.25) is 4.79 Å². The molecule has 84 valence electrons. The second kappa shape index (κ2) is 3.57. The molecule has 0 atom stereocenters. The molecule has 1 fully saturated rings. The molecule has 1 aromatic rings. The lowest BCUT2D eigenvalue weighted by Gasteiger charge is -2.31. The van der Waals surface area contributed by atoms with Crippen LogP contribution in [-0.4, -0.2) is 19.0 Å². The van der Waals surface area contributed by atoms with E-state index in [0.717, 1.165) is 41.7 Å². The van der Waals surface area contributed by atoms with E-state index in [-0.39, 0.29) is 11.3 Å². The Bertz CT molecular complexity index is 452. The van der Waals surface area contributed by atoms with Gasteiger partial charge in [0.2, 0.25) is 5.91 Å². The summed E-state index contributed by atoms with van der Waals surface area (Å²) in [5.74, 6) is 0.163.